The number of carbonyl (C=O) groups excluding carboxylic acids is 1. The minimum Gasteiger partial charge on any atom is -0.489 e. The van der Waals surface area contributed by atoms with E-state index in [9.17, 15) is 4.79 Å². The van der Waals surface area contributed by atoms with Gasteiger partial charge in [-0.2, -0.15) is 0 Å². The fraction of sp³-hybridized carbons (Fsp3) is 0.500. The first-order valence-corrected chi connectivity index (χ1v) is 14.3. The van der Waals surface area contributed by atoms with Crippen molar-refractivity contribution in [3.63, 3.8) is 0 Å². The van der Waals surface area contributed by atoms with E-state index < -0.39 is 8.32 Å². The minimum atomic E-state index is -2.10. The maximum atomic E-state index is 12.2. The van der Waals surface area contributed by atoms with Gasteiger partial charge in [0.25, 0.3) is 0 Å². The molecule has 5 nitrogen and oxygen atoms in total. The summed E-state index contributed by atoms with van der Waals surface area (Å²) in [5.74, 6) is 0.545. The number of rotatable bonds is 11. The lowest BCUT2D eigenvalue weighted by atomic mass is 10.00. The zero-order valence-electron chi connectivity index (χ0n) is 20.4. The zero-order valence-corrected chi connectivity index (χ0v) is 21.4. The van der Waals surface area contributed by atoms with Gasteiger partial charge in [0.15, 0.2) is 8.32 Å². The highest BCUT2D eigenvalue weighted by Crippen LogP contribution is 2.38. The smallest absolute Gasteiger partial charge is 0.308 e. The summed E-state index contributed by atoms with van der Waals surface area (Å²) in [6.07, 6.45) is 0.390. The molecule has 176 valence electrons. The summed E-state index contributed by atoms with van der Waals surface area (Å²) in [4.78, 5) is 12.2. The summed E-state index contributed by atoms with van der Waals surface area (Å²) in [5.41, 5.74) is 8.78. The van der Waals surface area contributed by atoms with Crippen LogP contribution in [0.15, 0.2) is 54.6 Å². The summed E-state index contributed by atoms with van der Waals surface area (Å²) in [6, 6.07) is 17.7. The topological polar surface area (TPSA) is 70.8 Å². The Balaban J connectivity index is 2.03. The molecule has 2 aromatic carbocycles. The molecular weight excluding hydrogens is 418 g/mol. The van der Waals surface area contributed by atoms with Gasteiger partial charge in [0.2, 0.25) is 0 Å². The van der Waals surface area contributed by atoms with Gasteiger partial charge in [-0.05, 0) is 54.7 Å². The lowest BCUT2D eigenvalue weighted by molar-refractivity contribution is -0.145. The van der Waals surface area contributed by atoms with Crippen LogP contribution >= 0.6 is 0 Å². The Morgan fingerprint density at radius 3 is 2.19 bits per heavy atom. The van der Waals surface area contributed by atoms with E-state index in [0.29, 0.717) is 19.6 Å². The lowest BCUT2D eigenvalue weighted by Gasteiger charge is -2.40. The van der Waals surface area contributed by atoms with Crippen LogP contribution in [0.1, 0.15) is 45.2 Å². The van der Waals surface area contributed by atoms with Crippen molar-refractivity contribution in [3.05, 3.63) is 65.7 Å². The molecule has 0 aromatic heterocycles. The summed E-state index contributed by atoms with van der Waals surface area (Å²) in [5, 5.41) is 0.0252. The molecule has 2 aromatic rings. The number of nitrogens with two attached hydrogens (primary N) is 1. The van der Waals surface area contributed by atoms with E-state index >= 15 is 0 Å². The highest BCUT2D eigenvalue weighted by Gasteiger charge is 2.40. The molecule has 0 aliphatic heterocycles. The molecule has 2 rings (SSSR count). The van der Waals surface area contributed by atoms with Gasteiger partial charge in [-0.3, -0.25) is 4.79 Å². The monoisotopic (exact) mass is 457 g/mol. The predicted octanol–water partition coefficient (Wildman–Crippen LogP) is 5.48. The van der Waals surface area contributed by atoms with Gasteiger partial charge in [0.05, 0.1) is 19.1 Å². The fourth-order valence-corrected chi connectivity index (χ4v) is 4.45. The molecule has 0 bridgehead atoms. The molecule has 0 unspecified atom stereocenters. The number of hydrogen-bond acceptors (Lipinski definition) is 5. The van der Waals surface area contributed by atoms with Crippen molar-refractivity contribution in [2.75, 3.05) is 6.61 Å². The maximum absolute atomic E-state index is 12.2. The maximum Gasteiger partial charge on any atom is 0.308 e. The van der Waals surface area contributed by atoms with Gasteiger partial charge in [0, 0.05) is 6.04 Å². The van der Waals surface area contributed by atoms with Gasteiger partial charge in [-0.1, -0.05) is 63.2 Å². The Hall–Kier alpha value is -2.15. The largest absolute Gasteiger partial charge is 0.489 e. The normalized spacial score (nSPS) is 14.0. The second-order valence-corrected chi connectivity index (χ2v) is 14.5. The molecule has 32 heavy (non-hydrogen) atoms. The van der Waals surface area contributed by atoms with Gasteiger partial charge < -0.3 is 19.6 Å². The average Bonchev–Trinajstić information content (AvgIpc) is 2.72. The number of esters is 1. The van der Waals surface area contributed by atoms with Crippen molar-refractivity contribution in [1.82, 2.24) is 0 Å². The number of carbonyl (C=O) groups is 1. The SMILES string of the molecule is CCOC(=O)C[C@@H](O[Si](C)(C)C(C)(C)C)[C@@H](N)Cc1ccc(OCc2ccccc2)cc1. The first kappa shape index (κ1) is 26.1. The van der Waals surface area contributed by atoms with E-state index in [1.165, 1.54) is 0 Å². The van der Waals surface area contributed by atoms with Crippen molar-refractivity contribution in [3.8, 4) is 5.75 Å². The average molecular weight is 458 g/mol. The third-order valence-electron chi connectivity index (χ3n) is 6.05. The van der Waals surface area contributed by atoms with Crippen LogP contribution in [-0.2, 0) is 27.0 Å². The highest BCUT2D eigenvalue weighted by atomic mass is 28.4. The van der Waals surface area contributed by atoms with Crippen LogP contribution in [0.25, 0.3) is 0 Å². The molecule has 0 aliphatic rings. The summed E-state index contributed by atoms with van der Waals surface area (Å²) in [6.45, 7) is 13.6. The Morgan fingerprint density at radius 2 is 1.62 bits per heavy atom. The molecule has 0 spiro atoms. The van der Waals surface area contributed by atoms with Crippen LogP contribution in [0.3, 0.4) is 0 Å². The third kappa shape index (κ3) is 8.08. The zero-order chi connectivity index (χ0) is 23.8. The molecular formula is C26H39NO4Si. The molecule has 0 saturated heterocycles. The molecule has 2 atom stereocenters. The lowest BCUT2D eigenvalue weighted by Crippen LogP contribution is -2.50. The van der Waals surface area contributed by atoms with Crippen molar-refractivity contribution < 1.29 is 18.7 Å². The standard InChI is InChI=1S/C26H39NO4Si/c1-7-29-25(28)18-24(31-32(5,6)26(2,3)4)23(27)17-20-13-15-22(16-14-20)30-19-21-11-9-8-10-12-21/h8-16,23-24H,7,17-19,27H2,1-6H3/t23-,24+/m0/s1. The first-order chi connectivity index (χ1) is 15.0. The van der Waals surface area contributed by atoms with E-state index in [4.69, 9.17) is 19.6 Å². The van der Waals surface area contributed by atoms with Crippen molar-refractivity contribution in [2.24, 2.45) is 5.73 Å². The predicted molar refractivity (Wildman–Crippen MR) is 132 cm³/mol. The van der Waals surface area contributed by atoms with Gasteiger partial charge >= 0.3 is 5.97 Å². The van der Waals surface area contributed by atoms with E-state index in [1.807, 2.05) is 61.5 Å². The van der Waals surface area contributed by atoms with E-state index in [1.54, 1.807) is 0 Å². The number of benzene rings is 2. The summed E-state index contributed by atoms with van der Waals surface area (Å²) >= 11 is 0. The van der Waals surface area contributed by atoms with Crippen LogP contribution in [0.5, 0.6) is 5.75 Å². The van der Waals surface area contributed by atoms with Crippen LogP contribution < -0.4 is 10.5 Å². The second-order valence-electron chi connectivity index (χ2n) is 9.71. The molecule has 0 amide bonds. The van der Waals surface area contributed by atoms with E-state index in [-0.39, 0.29) is 29.6 Å². The fourth-order valence-electron chi connectivity index (χ4n) is 3.09. The van der Waals surface area contributed by atoms with Gasteiger partial charge in [-0.25, -0.2) is 0 Å². The molecule has 6 heteroatoms. The first-order valence-electron chi connectivity index (χ1n) is 11.4. The van der Waals surface area contributed by atoms with Crippen LogP contribution in [0.4, 0.5) is 0 Å². The quantitative estimate of drug-likeness (QED) is 0.357. The molecule has 0 radical (unpaired) electrons. The molecule has 0 saturated carbocycles. The number of hydrogen-bond donors (Lipinski definition) is 1. The summed E-state index contributed by atoms with van der Waals surface area (Å²) in [7, 11) is -2.10. The van der Waals surface area contributed by atoms with Gasteiger partial charge in [-0.15, -0.1) is 0 Å². The van der Waals surface area contributed by atoms with Crippen molar-refractivity contribution in [2.45, 2.75) is 77.4 Å². The van der Waals surface area contributed by atoms with Gasteiger partial charge in [0.1, 0.15) is 12.4 Å². The number of ether oxygens (including phenoxy) is 2. The molecule has 2 N–H and O–H groups in total. The molecule has 0 fully saturated rings. The Bertz CT molecular complexity index is 831. The Kier molecular flexibility index (Phi) is 9.49. The second kappa shape index (κ2) is 11.6. The Morgan fingerprint density at radius 1 is 1.00 bits per heavy atom. The highest BCUT2D eigenvalue weighted by molar-refractivity contribution is 6.74. The van der Waals surface area contributed by atoms with E-state index in [0.717, 1.165) is 16.9 Å². The van der Waals surface area contributed by atoms with Crippen molar-refractivity contribution >= 4 is 14.3 Å². The molecule has 0 heterocycles. The molecule has 0 aliphatic carbocycles. The van der Waals surface area contributed by atoms with Crippen LogP contribution in [0.2, 0.25) is 18.1 Å². The Labute approximate surface area is 194 Å². The minimum absolute atomic E-state index is 0.0252. The van der Waals surface area contributed by atoms with Crippen molar-refractivity contribution in [1.29, 1.82) is 0 Å². The van der Waals surface area contributed by atoms with E-state index in [2.05, 4.69) is 33.9 Å². The third-order valence-corrected chi connectivity index (χ3v) is 10.6. The van der Waals surface area contributed by atoms with Crippen LogP contribution in [-0.4, -0.2) is 33.0 Å². The van der Waals surface area contributed by atoms with Crippen LogP contribution in [0, 0.1) is 0 Å². The summed E-state index contributed by atoms with van der Waals surface area (Å²) < 4.78 is 17.6.